The van der Waals surface area contributed by atoms with E-state index in [9.17, 15) is 10.1 Å². The molecule has 1 aromatic carbocycles. The van der Waals surface area contributed by atoms with Crippen LogP contribution in [-0.4, -0.2) is 33.5 Å². The van der Waals surface area contributed by atoms with Crippen molar-refractivity contribution in [2.45, 2.75) is 78.1 Å². The van der Waals surface area contributed by atoms with Crippen LogP contribution in [0.1, 0.15) is 75.4 Å². The van der Waals surface area contributed by atoms with Gasteiger partial charge >= 0.3 is 0 Å². The molecule has 1 aliphatic rings. The number of thioether (sulfide) groups is 1. The highest BCUT2D eigenvalue weighted by atomic mass is 32.2. The number of rotatable bonds is 11. The van der Waals surface area contributed by atoms with Gasteiger partial charge in [-0.05, 0) is 74.3 Å². The van der Waals surface area contributed by atoms with E-state index in [1.807, 2.05) is 42.7 Å². The summed E-state index contributed by atoms with van der Waals surface area (Å²) in [4.78, 5) is 14.2. The molecule has 0 radical (unpaired) electrons. The minimum atomic E-state index is -0.328. The van der Waals surface area contributed by atoms with Crippen molar-refractivity contribution >= 4 is 34.0 Å². The van der Waals surface area contributed by atoms with Crippen LogP contribution in [0.15, 0.2) is 29.4 Å². The van der Waals surface area contributed by atoms with Gasteiger partial charge in [-0.25, -0.2) is 0 Å². The summed E-state index contributed by atoms with van der Waals surface area (Å²) in [5.74, 6) is 2.76. The lowest BCUT2D eigenvalue weighted by Gasteiger charge is -2.36. The van der Waals surface area contributed by atoms with Crippen molar-refractivity contribution in [2.75, 3.05) is 18.2 Å². The van der Waals surface area contributed by atoms with Crippen molar-refractivity contribution in [1.29, 1.82) is 5.26 Å². The Balaban J connectivity index is 1.40. The van der Waals surface area contributed by atoms with E-state index >= 15 is 0 Å². The number of nitrogens with zero attached hydrogens (tertiary/aromatic N) is 4. The van der Waals surface area contributed by atoms with E-state index in [2.05, 4.69) is 42.4 Å². The van der Waals surface area contributed by atoms with Gasteiger partial charge in [-0.1, -0.05) is 39.0 Å². The van der Waals surface area contributed by atoms with Crippen LogP contribution in [0.4, 0.5) is 5.00 Å². The van der Waals surface area contributed by atoms with Gasteiger partial charge in [-0.3, -0.25) is 4.79 Å². The molecule has 0 spiro atoms. The topological polar surface area (TPSA) is 102 Å². The number of hydrogen-bond acceptors (Lipinski definition) is 8. The summed E-state index contributed by atoms with van der Waals surface area (Å²) in [5, 5.41) is 22.9. The molecule has 4 rings (SSSR count). The average molecular weight is 568 g/mol. The SMILES string of the molecule is CCn1c(SCC(=O)Nc2sc3c(c2C#N)CCC(C(C)(C)CC)C3)nnc1C(C)Oc1ccc(OC)cc1. The van der Waals surface area contributed by atoms with Gasteiger partial charge in [-0.2, -0.15) is 5.26 Å². The van der Waals surface area contributed by atoms with E-state index in [-0.39, 0.29) is 23.2 Å². The first-order chi connectivity index (χ1) is 18.7. The molecule has 1 N–H and O–H groups in total. The first-order valence-corrected chi connectivity index (χ1v) is 15.2. The number of aromatic nitrogens is 3. The van der Waals surface area contributed by atoms with E-state index in [4.69, 9.17) is 9.47 Å². The quantitative estimate of drug-likeness (QED) is 0.259. The Bertz CT molecular complexity index is 1340. The van der Waals surface area contributed by atoms with E-state index in [0.29, 0.717) is 39.8 Å². The highest BCUT2D eigenvalue weighted by Gasteiger charge is 2.34. The largest absolute Gasteiger partial charge is 0.497 e. The maximum Gasteiger partial charge on any atom is 0.235 e. The summed E-state index contributed by atoms with van der Waals surface area (Å²) >= 11 is 2.89. The smallest absolute Gasteiger partial charge is 0.235 e. The molecule has 0 saturated heterocycles. The Morgan fingerprint density at radius 2 is 2.00 bits per heavy atom. The van der Waals surface area contributed by atoms with Crippen LogP contribution < -0.4 is 14.8 Å². The molecule has 0 saturated carbocycles. The molecule has 2 aromatic heterocycles. The number of nitriles is 1. The standard InChI is InChI=1S/C29H37N5O3S2/c1-7-29(4,5)19-9-14-22-23(16-30)27(39-24(22)15-19)31-25(35)17-38-28-33-32-26(34(28)8-2)18(3)37-21-12-10-20(36-6)11-13-21/h10-13,18-19H,7-9,14-15,17H2,1-6H3,(H,31,35). The summed E-state index contributed by atoms with van der Waals surface area (Å²) in [5.41, 5.74) is 2.01. The zero-order valence-corrected chi connectivity index (χ0v) is 25.2. The van der Waals surface area contributed by atoms with Crippen LogP contribution in [0.2, 0.25) is 0 Å². The van der Waals surface area contributed by atoms with E-state index in [0.717, 1.165) is 37.0 Å². The summed E-state index contributed by atoms with van der Waals surface area (Å²) in [6.45, 7) is 11.5. The number of hydrogen-bond donors (Lipinski definition) is 1. The molecule has 0 aliphatic heterocycles. The number of carbonyl (C=O) groups is 1. The lowest BCUT2D eigenvalue weighted by atomic mass is 9.69. The Morgan fingerprint density at radius 1 is 1.28 bits per heavy atom. The summed E-state index contributed by atoms with van der Waals surface area (Å²) in [6.07, 6.45) is 3.75. The average Bonchev–Trinajstić information content (AvgIpc) is 3.52. The third-order valence-corrected chi connectivity index (χ3v) is 9.91. The van der Waals surface area contributed by atoms with E-state index in [1.165, 1.54) is 16.6 Å². The van der Waals surface area contributed by atoms with Crippen LogP contribution in [0.5, 0.6) is 11.5 Å². The van der Waals surface area contributed by atoms with Gasteiger partial charge in [0.05, 0.1) is 18.4 Å². The van der Waals surface area contributed by atoms with Crippen molar-refractivity contribution in [3.05, 3.63) is 46.1 Å². The predicted octanol–water partition coefficient (Wildman–Crippen LogP) is 6.65. The third-order valence-electron chi connectivity index (χ3n) is 7.78. The molecule has 3 aromatic rings. The number of nitrogens with one attached hydrogen (secondary N) is 1. The Hall–Kier alpha value is -3.03. The van der Waals surface area contributed by atoms with Crippen molar-refractivity contribution in [3.8, 4) is 17.6 Å². The maximum absolute atomic E-state index is 12.9. The third kappa shape index (κ3) is 6.42. The lowest BCUT2D eigenvalue weighted by molar-refractivity contribution is -0.113. The number of methoxy groups -OCH3 is 1. The van der Waals surface area contributed by atoms with E-state index < -0.39 is 0 Å². The molecule has 0 fully saturated rings. The molecule has 2 atom stereocenters. The number of ether oxygens (including phenoxy) is 2. The number of fused-ring (bicyclic) bond motifs is 1. The molecular formula is C29H37N5O3S2. The highest BCUT2D eigenvalue weighted by molar-refractivity contribution is 7.99. The van der Waals surface area contributed by atoms with Crippen molar-refractivity contribution in [2.24, 2.45) is 11.3 Å². The molecule has 39 heavy (non-hydrogen) atoms. The summed E-state index contributed by atoms with van der Waals surface area (Å²) in [7, 11) is 1.63. The van der Waals surface area contributed by atoms with Gasteiger partial charge in [0.15, 0.2) is 17.1 Å². The van der Waals surface area contributed by atoms with Gasteiger partial charge in [0, 0.05) is 11.4 Å². The van der Waals surface area contributed by atoms with Gasteiger partial charge in [0.1, 0.15) is 22.6 Å². The second-order valence-corrected chi connectivity index (χ2v) is 12.5. The molecule has 1 aliphatic carbocycles. The molecule has 1 amide bonds. The molecule has 0 bridgehead atoms. The van der Waals surface area contributed by atoms with Crippen molar-refractivity contribution in [3.63, 3.8) is 0 Å². The van der Waals surface area contributed by atoms with Crippen LogP contribution >= 0.6 is 23.1 Å². The maximum atomic E-state index is 12.9. The molecule has 8 nitrogen and oxygen atoms in total. The second-order valence-electron chi connectivity index (χ2n) is 10.5. The minimum Gasteiger partial charge on any atom is -0.497 e. The lowest BCUT2D eigenvalue weighted by Crippen LogP contribution is -2.28. The number of thiophene rings is 1. The fraction of sp³-hybridized carbons (Fsp3) is 0.517. The van der Waals surface area contributed by atoms with Gasteiger partial charge in [-0.15, -0.1) is 21.5 Å². The highest BCUT2D eigenvalue weighted by Crippen LogP contribution is 2.45. The molecular weight excluding hydrogens is 530 g/mol. The molecule has 208 valence electrons. The van der Waals surface area contributed by atoms with Gasteiger partial charge < -0.3 is 19.4 Å². The Labute approximate surface area is 239 Å². The van der Waals surface area contributed by atoms with E-state index in [1.54, 1.807) is 18.4 Å². The van der Waals surface area contributed by atoms with Crippen LogP contribution in [0, 0.1) is 22.7 Å². The number of carbonyl (C=O) groups excluding carboxylic acids is 1. The second kappa shape index (κ2) is 12.4. The number of amides is 1. The molecule has 2 unspecified atom stereocenters. The zero-order chi connectivity index (χ0) is 28.2. The minimum absolute atomic E-state index is 0.157. The first-order valence-electron chi connectivity index (χ1n) is 13.4. The van der Waals surface area contributed by atoms with Gasteiger partial charge in [0.2, 0.25) is 5.91 Å². The Morgan fingerprint density at radius 3 is 2.64 bits per heavy atom. The predicted molar refractivity (Wildman–Crippen MR) is 156 cm³/mol. The van der Waals surface area contributed by atoms with Crippen molar-refractivity contribution < 1.29 is 14.3 Å². The van der Waals surface area contributed by atoms with Crippen LogP contribution in [-0.2, 0) is 24.2 Å². The Kier molecular flexibility index (Phi) is 9.23. The van der Waals surface area contributed by atoms with Crippen LogP contribution in [0.3, 0.4) is 0 Å². The first kappa shape index (κ1) is 29.0. The summed E-state index contributed by atoms with van der Waals surface area (Å²) < 4.78 is 13.2. The number of benzene rings is 1. The fourth-order valence-electron chi connectivity index (χ4n) is 4.96. The number of anilines is 1. The molecule has 10 heteroatoms. The summed E-state index contributed by atoms with van der Waals surface area (Å²) in [6, 6.07) is 9.75. The normalized spacial score (nSPS) is 15.8. The molecule has 2 heterocycles. The van der Waals surface area contributed by atoms with Crippen molar-refractivity contribution in [1.82, 2.24) is 14.8 Å². The fourth-order valence-corrected chi connectivity index (χ4v) is 7.06. The monoisotopic (exact) mass is 567 g/mol. The van der Waals surface area contributed by atoms with Gasteiger partial charge in [0.25, 0.3) is 0 Å². The van der Waals surface area contributed by atoms with Crippen LogP contribution in [0.25, 0.3) is 0 Å². The zero-order valence-electron chi connectivity index (χ0n) is 23.5.